The molecule has 0 fully saturated rings. The second-order valence-electron chi connectivity index (χ2n) is 4.09. The van der Waals surface area contributed by atoms with Crippen LogP contribution in [-0.2, 0) is 0 Å². The molecule has 110 valence electrons. The number of hydrogen-bond acceptors (Lipinski definition) is 5. The quantitative estimate of drug-likeness (QED) is 0.759. The van der Waals surface area contributed by atoms with Gasteiger partial charge in [-0.25, -0.2) is 5.10 Å². The summed E-state index contributed by atoms with van der Waals surface area (Å²) in [7, 11) is 1.58. The summed E-state index contributed by atoms with van der Waals surface area (Å²) in [6, 6.07) is 9.79. The summed E-state index contributed by atoms with van der Waals surface area (Å²) < 4.78 is 10.6. The standard InChI is InChI=1S/C14H15N3O4/c1-20-10-3-2-4-11(9-10)21-8-7-15-14(19)12-5-6-13(18)17-16-12/h2-6,9H,7-8H2,1H3,(H,15,19)(H,17,18). The van der Waals surface area contributed by atoms with Crippen molar-refractivity contribution in [2.75, 3.05) is 20.3 Å². The Kier molecular flexibility index (Phi) is 4.92. The highest BCUT2D eigenvalue weighted by Crippen LogP contribution is 2.18. The maximum atomic E-state index is 11.7. The number of nitrogens with zero attached hydrogens (tertiary/aromatic N) is 1. The van der Waals surface area contributed by atoms with Crippen LogP contribution in [0.5, 0.6) is 11.5 Å². The molecule has 1 aromatic carbocycles. The Labute approximate surface area is 120 Å². The van der Waals surface area contributed by atoms with Gasteiger partial charge in [-0.1, -0.05) is 6.07 Å². The molecule has 1 amide bonds. The molecule has 0 unspecified atom stereocenters. The first-order chi connectivity index (χ1) is 10.2. The van der Waals surface area contributed by atoms with Crippen LogP contribution in [0, 0.1) is 0 Å². The number of methoxy groups -OCH3 is 1. The first-order valence-electron chi connectivity index (χ1n) is 6.30. The maximum Gasteiger partial charge on any atom is 0.271 e. The average molecular weight is 289 g/mol. The van der Waals surface area contributed by atoms with E-state index in [-0.39, 0.29) is 17.2 Å². The predicted molar refractivity (Wildman–Crippen MR) is 75.7 cm³/mol. The van der Waals surface area contributed by atoms with Crippen LogP contribution in [0.4, 0.5) is 0 Å². The van der Waals surface area contributed by atoms with Gasteiger partial charge in [0.05, 0.1) is 13.7 Å². The van der Waals surface area contributed by atoms with Crippen molar-refractivity contribution in [1.82, 2.24) is 15.5 Å². The number of amides is 1. The Morgan fingerprint density at radius 1 is 1.29 bits per heavy atom. The van der Waals surface area contributed by atoms with E-state index in [0.717, 1.165) is 0 Å². The fraction of sp³-hybridized carbons (Fsp3) is 0.214. The lowest BCUT2D eigenvalue weighted by molar-refractivity contribution is 0.0941. The molecule has 0 radical (unpaired) electrons. The second-order valence-corrected chi connectivity index (χ2v) is 4.09. The number of carbonyl (C=O) groups excluding carboxylic acids is 1. The van der Waals surface area contributed by atoms with E-state index in [1.165, 1.54) is 12.1 Å². The van der Waals surface area contributed by atoms with E-state index in [1.54, 1.807) is 19.2 Å². The minimum atomic E-state index is -0.375. The number of carbonyl (C=O) groups is 1. The van der Waals surface area contributed by atoms with Crippen molar-refractivity contribution in [2.45, 2.75) is 0 Å². The van der Waals surface area contributed by atoms with Gasteiger partial charge in [-0.05, 0) is 18.2 Å². The van der Waals surface area contributed by atoms with Crippen LogP contribution in [0.2, 0.25) is 0 Å². The van der Waals surface area contributed by atoms with Gasteiger partial charge in [0.25, 0.3) is 11.5 Å². The fourth-order valence-electron chi connectivity index (χ4n) is 1.59. The number of benzene rings is 1. The molecular weight excluding hydrogens is 274 g/mol. The molecule has 21 heavy (non-hydrogen) atoms. The minimum absolute atomic E-state index is 0.149. The molecule has 0 aliphatic heterocycles. The topological polar surface area (TPSA) is 93.3 Å². The zero-order chi connectivity index (χ0) is 15.1. The maximum absolute atomic E-state index is 11.7. The molecule has 1 heterocycles. The highest BCUT2D eigenvalue weighted by molar-refractivity contribution is 5.91. The summed E-state index contributed by atoms with van der Waals surface area (Å²) in [4.78, 5) is 22.5. The van der Waals surface area contributed by atoms with Crippen LogP contribution in [0.25, 0.3) is 0 Å². The van der Waals surface area contributed by atoms with Gasteiger partial charge >= 0.3 is 0 Å². The molecule has 7 heteroatoms. The lowest BCUT2D eigenvalue weighted by Crippen LogP contribution is -2.29. The Hall–Kier alpha value is -2.83. The normalized spacial score (nSPS) is 9.95. The van der Waals surface area contributed by atoms with E-state index in [1.807, 2.05) is 12.1 Å². The number of H-pyrrole nitrogens is 1. The summed E-state index contributed by atoms with van der Waals surface area (Å²) >= 11 is 0. The van der Waals surface area contributed by atoms with Crippen molar-refractivity contribution in [3.8, 4) is 11.5 Å². The molecule has 0 spiro atoms. The second kappa shape index (κ2) is 7.09. The van der Waals surface area contributed by atoms with Crippen LogP contribution in [0.1, 0.15) is 10.5 Å². The Morgan fingerprint density at radius 2 is 2.10 bits per heavy atom. The SMILES string of the molecule is COc1cccc(OCCNC(=O)c2ccc(=O)[nH]n2)c1. The molecule has 0 aliphatic carbocycles. The van der Waals surface area contributed by atoms with Crippen LogP contribution in [0.15, 0.2) is 41.2 Å². The van der Waals surface area contributed by atoms with E-state index in [9.17, 15) is 9.59 Å². The number of hydrogen-bond donors (Lipinski definition) is 2. The van der Waals surface area contributed by atoms with Gasteiger partial charge < -0.3 is 14.8 Å². The van der Waals surface area contributed by atoms with Crippen LogP contribution in [-0.4, -0.2) is 36.4 Å². The monoisotopic (exact) mass is 289 g/mol. The van der Waals surface area contributed by atoms with E-state index in [4.69, 9.17) is 9.47 Å². The van der Waals surface area contributed by atoms with Crippen molar-refractivity contribution in [3.63, 3.8) is 0 Å². The third kappa shape index (κ3) is 4.34. The number of aromatic amines is 1. The van der Waals surface area contributed by atoms with Crippen molar-refractivity contribution >= 4 is 5.91 Å². The summed E-state index contributed by atoms with van der Waals surface area (Å²) in [5.74, 6) is 0.986. The Balaban J connectivity index is 1.77. The zero-order valence-corrected chi connectivity index (χ0v) is 11.5. The lowest BCUT2D eigenvalue weighted by Gasteiger charge is -2.08. The summed E-state index contributed by atoms with van der Waals surface area (Å²) in [6.07, 6.45) is 0. The van der Waals surface area contributed by atoms with E-state index in [2.05, 4.69) is 15.5 Å². The summed E-state index contributed by atoms with van der Waals surface area (Å²) in [5.41, 5.74) is -0.205. The fourth-order valence-corrected chi connectivity index (χ4v) is 1.59. The first kappa shape index (κ1) is 14.6. The van der Waals surface area contributed by atoms with E-state index < -0.39 is 0 Å². The van der Waals surface area contributed by atoms with Crippen molar-refractivity contribution < 1.29 is 14.3 Å². The van der Waals surface area contributed by atoms with E-state index >= 15 is 0 Å². The third-order valence-corrected chi connectivity index (χ3v) is 2.61. The Bertz CT molecular complexity index is 649. The van der Waals surface area contributed by atoms with Gasteiger partial charge in [-0.2, -0.15) is 5.10 Å². The van der Waals surface area contributed by atoms with Gasteiger partial charge in [-0.15, -0.1) is 0 Å². The van der Waals surface area contributed by atoms with Crippen LogP contribution >= 0.6 is 0 Å². The molecule has 2 N–H and O–H groups in total. The first-order valence-corrected chi connectivity index (χ1v) is 6.30. The molecule has 7 nitrogen and oxygen atoms in total. The molecule has 2 aromatic rings. The Morgan fingerprint density at radius 3 is 2.81 bits per heavy atom. The number of rotatable bonds is 6. The minimum Gasteiger partial charge on any atom is -0.497 e. The predicted octanol–water partition coefficient (Wildman–Crippen LogP) is 0.587. The largest absolute Gasteiger partial charge is 0.497 e. The van der Waals surface area contributed by atoms with Crippen LogP contribution in [0.3, 0.4) is 0 Å². The lowest BCUT2D eigenvalue weighted by atomic mass is 10.3. The molecular formula is C14H15N3O4. The van der Waals surface area contributed by atoms with Gasteiger partial charge in [0.1, 0.15) is 23.8 Å². The highest BCUT2D eigenvalue weighted by Gasteiger charge is 2.06. The summed E-state index contributed by atoms with van der Waals surface area (Å²) in [5, 5.41) is 8.47. The highest BCUT2D eigenvalue weighted by atomic mass is 16.5. The summed E-state index contributed by atoms with van der Waals surface area (Å²) in [6.45, 7) is 0.624. The molecule has 0 aliphatic rings. The van der Waals surface area contributed by atoms with Gasteiger partial charge in [0.2, 0.25) is 0 Å². The molecule has 1 aromatic heterocycles. The number of nitrogens with one attached hydrogen (secondary N) is 2. The third-order valence-electron chi connectivity index (χ3n) is 2.61. The van der Waals surface area contributed by atoms with Crippen molar-refractivity contribution in [1.29, 1.82) is 0 Å². The van der Waals surface area contributed by atoms with Gasteiger partial charge in [-0.3, -0.25) is 9.59 Å². The average Bonchev–Trinajstić information content (AvgIpc) is 2.52. The molecule has 0 bridgehead atoms. The van der Waals surface area contributed by atoms with Crippen LogP contribution < -0.4 is 20.3 Å². The van der Waals surface area contributed by atoms with Crippen molar-refractivity contribution in [3.05, 3.63) is 52.4 Å². The molecule has 2 rings (SSSR count). The van der Waals surface area contributed by atoms with Gasteiger partial charge in [0, 0.05) is 12.1 Å². The van der Waals surface area contributed by atoms with Crippen molar-refractivity contribution in [2.24, 2.45) is 0 Å². The number of ether oxygens (including phenoxy) is 2. The smallest absolute Gasteiger partial charge is 0.271 e. The zero-order valence-electron chi connectivity index (χ0n) is 11.5. The molecule has 0 saturated carbocycles. The molecule has 0 saturated heterocycles. The van der Waals surface area contributed by atoms with Gasteiger partial charge in [0.15, 0.2) is 0 Å². The van der Waals surface area contributed by atoms with E-state index in [0.29, 0.717) is 24.7 Å². The number of aromatic nitrogens is 2. The molecule has 0 atom stereocenters.